The van der Waals surface area contributed by atoms with Crippen LogP contribution in [0.2, 0.25) is 0 Å². The third kappa shape index (κ3) is 1.49. The monoisotopic (exact) mass is 246 g/mol. The molecule has 2 aromatic rings. The van der Waals surface area contributed by atoms with Crippen molar-refractivity contribution < 1.29 is 9.90 Å². The fourth-order valence-electron chi connectivity index (χ4n) is 2.93. The van der Waals surface area contributed by atoms with Crippen LogP contribution in [0.4, 0.5) is 0 Å². The molecule has 2 nitrogen and oxygen atoms in total. The Morgan fingerprint density at radius 1 is 1.24 bits per heavy atom. The molecule has 0 bridgehead atoms. The fourth-order valence-corrected chi connectivity index (χ4v) is 3.98. The van der Waals surface area contributed by atoms with Crippen molar-refractivity contribution >= 4 is 27.4 Å². The minimum atomic E-state index is -0.654. The first-order valence-electron chi connectivity index (χ1n) is 5.94. The van der Waals surface area contributed by atoms with Gasteiger partial charge in [-0.2, -0.15) is 0 Å². The Labute approximate surface area is 104 Å². The number of fused-ring (bicyclic) bond motifs is 1. The van der Waals surface area contributed by atoms with Gasteiger partial charge in [0.25, 0.3) is 0 Å². The van der Waals surface area contributed by atoms with E-state index >= 15 is 0 Å². The lowest BCUT2D eigenvalue weighted by Gasteiger charge is -2.23. The molecule has 88 valence electrons. The molecular formula is C14H14O2S. The van der Waals surface area contributed by atoms with Gasteiger partial charge >= 0.3 is 5.97 Å². The zero-order chi connectivity index (χ0) is 11.9. The Balaban J connectivity index is 2.22. The summed E-state index contributed by atoms with van der Waals surface area (Å²) in [7, 11) is 0. The summed E-state index contributed by atoms with van der Waals surface area (Å²) in [6, 6.07) is 8.10. The van der Waals surface area contributed by atoms with Gasteiger partial charge in [0.2, 0.25) is 0 Å². The molecule has 0 amide bonds. The number of rotatable bonds is 2. The van der Waals surface area contributed by atoms with Crippen LogP contribution in [0, 0.1) is 0 Å². The number of carboxylic acids is 1. The molecule has 1 aromatic carbocycles. The quantitative estimate of drug-likeness (QED) is 0.875. The largest absolute Gasteiger partial charge is 0.481 e. The Hall–Kier alpha value is -1.35. The highest BCUT2D eigenvalue weighted by atomic mass is 32.1. The molecule has 0 radical (unpaired) electrons. The summed E-state index contributed by atoms with van der Waals surface area (Å²) in [6.07, 6.45) is 3.61. The number of hydrogen-bond donors (Lipinski definition) is 1. The van der Waals surface area contributed by atoms with Gasteiger partial charge in [0.1, 0.15) is 0 Å². The lowest BCUT2D eigenvalue weighted by molar-refractivity contribution is -0.143. The molecule has 1 aliphatic rings. The second-order valence-corrected chi connectivity index (χ2v) is 5.65. The van der Waals surface area contributed by atoms with Gasteiger partial charge in [0, 0.05) is 4.70 Å². The van der Waals surface area contributed by atoms with Gasteiger partial charge in [-0.25, -0.2) is 0 Å². The smallest absolute Gasteiger partial charge is 0.314 e. The van der Waals surface area contributed by atoms with E-state index in [0.717, 1.165) is 36.6 Å². The summed E-state index contributed by atoms with van der Waals surface area (Å²) in [5, 5.41) is 12.8. The van der Waals surface area contributed by atoms with E-state index in [2.05, 4.69) is 6.07 Å². The second kappa shape index (κ2) is 3.84. The van der Waals surface area contributed by atoms with Crippen LogP contribution in [-0.2, 0) is 10.2 Å². The van der Waals surface area contributed by atoms with E-state index < -0.39 is 11.4 Å². The van der Waals surface area contributed by atoms with Gasteiger partial charge in [0.05, 0.1) is 5.41 Å². The first kappa shape index (κ1) is 10.8. The standard InChI is InChI=1S/C14H14O2S/c15-13(16)14(7-3-4-8-14)11-9-17-12-6-2-1-5-10(11)12/h1-2,5-6,9H,3-4,7-8H2,(H,15,16). The molecule has 0 atom stereocenters. The highest BCUT2D eigenvalue weighted by molar-refractivity contribution is 7.17. The molecular weight excluding hydrogens is 232 g/mol. The zero-order valence-corrected chi connectivity index (χ0v) is 10.3. The summed E-state index contributed by atoms with van der Waals surface area (Å²) < 4.78 is 1.19. The topological polar surface area (TPSA) is 37.3 Å². The lowest BCUT2D eigenvalue weighted by Crippen LogP contribution is -2.32. The van der Waals surface area contributed by atoms with Crippen molar-refractivity contribution in [3.05, 3.63) is 35.2 Å². The van der Waals surface area contributed by atoms with Crippen LogP contribution in [0.15, 0.2) is 29.6 Å². The van der Waals surface area contributed by atoms with Crippen molar-refractivity contribution in [3.63, 3.8) is 0 Å². The third-order valence-electron chi connectivity index (χ3n) is 3.86. The van der Waals surface area contributed by atoms with Crippen LogP contribution in [-0.4, -0.2) is 11.1 Å². The molecule has 0 aliphatic heterocycles. The maximum atomic E-state index is 11.7. The van der Waals surface area contributed by atoms with Gasteiger partial charge in [-0.3, -0.25) is 4.79 Å². The van der Waals surface area contributed by atoms with Crippen LogP contribution in [0.5, 0.6) is 0 Å². The SMILES string of the molecule is O=C(O)C1(c2csc3ccccc23)CCCC1. The van der Waals surface area contributed by atoms with E-state index in [0.29, 0.717) is 0 Å². The molecule has 1 aliphatic carbocycles. The number of carbonyl (C=O) groups is 1. The number of hydrogen-bond acceptors (Lipinski definition) is 2. The van der Waals surface area contributed by atoms with Crippen molar-refractivity contribution in [2.45, 2.75) is 31.1 Å². The zero-order valence-electron chi connectivity index (χ0n) is 9.48. The van der Waals surface area contributed by atoms with Gasteiger partial charge in [-0.1, -0.05) is 31.0 Å². The maximum absolute atomic E-state index is 11.7. The summed E-state index contributed by atoms with van der Waals surface area (Å²) in [5.41, 5.74) is 0.405. The van der Waals surface area contributed by atoms with Crippen LogP contribution >= 0.6 is 11.3 Å². The molecule has 0 unspecified atom stereocenters. The Morgan fingerprint density at radius 2 is 1.94 bits per heavy atom. The summed E-state index contributed by atoms with van der Waals surface area (Å²) >= 11 is 1.65. The minimum absolute atomic E-state index is 0.625. The molecule has 1 fully saturated rings. The van der Waals surface area contributed by atoms with E-state index in [1.54, 1.807) is 11.3 Å². The molecule has 0 saturated heterocycles. The van der Waals surface area contributed by atoms with E-state index in [-0.39, 0.29) is 0 Å². The molecule has 1 saturated carbocycles. The number of thiophene rings is 1. The first-order chi connectivity index (χ1) is 8.24. The van der Waals surface area contributed by atoms with Crippen LogP contribution in [0.1, 0.15) is 31.2 Å². The molecule has 1 N–H and O–H groups in total. The Kier molecular flexibility index (Phi) is 2.44. The Bertz CT molecular complexity index is 564. The van der Waals surface area contributed by atoms with Gasteiger partial charge in [-0.15, -0.1) is 11.3 Å². The minimum Gasteiger partial charge on any atom is -0.481 e. The number of benzene rings is 1. The van der Waals surface area contributed by atoms with E-state index in [1.807, 2.05) is 23.6 Å². The van der Waals surface area contributed by atoms with Crippen molar-refractivity contribution in [1.29, 1.82) is 0 Å². The summed E-state index contributed by atoms with van der Waals surface area (Å²) in [5.74, 6) is -0.654. The van der Waals surface area contributed by atoms with E-state index in [1.165, 1.54) is 4.70 Å². The highest BCUT2D eigenvalue weighted by Crippen LogP contribution is 2.45. The average Bonchev–Trinajstić information content (AvgIpc) is 2.95. The van der Waals surface area contributed by atoms with Crippen molar-refractivity contribution in [2.24, 2.45) is 0 Å². The number of carboxylic acid groups (broad SMARTS) is 1. The summed E-state index contributed by atoms with van der Waals surface area (Å²) in [4.78, 5) is 11.7. The third-order valence-corrected chi connectivity index (χ3v) is 4.83. The van der Waals surface area contributed by atoms with Crippen LogP contribution in [0.25, 0.3) is 10.1 Å². The van der Waals surface area contributed by atoms with Gasteiger partial charge in [-0.05, 0) is 35.2 Å². The fraction of sp³-hybridized carbons (Fsp3) is 0.357. The molecule has 1 heterocycles. The molecule has 3 heteroatoms. The molecule has 0 spiro atoms. The molecule has 3 rings (SSSR count). The predicted molar refractivity (Wildman–Crippen MR) is 69.6 cm³/mol. The normalized spacial score (nSPS) is 18.6. The number of aliphatic carboxylic acids is 1. The van der Waals surface area contributed by atoms with Gasteiger partial charge in [0.15, 0.2) is 0 Å². The van der Waals surface area contributed by atoms with Crippen molar-refractivity contribution in [2.75, 3.05) is 0 Å². The van der Waals surface area contributed by atoms with Crippen molar-refractivity contribution in [1.82, 2.24) is 0 Å². The van der Waals surface area contributed by atoms with E-state index in [9.17, 15) is 9.90 Å². The van der Waals surface area contributed by atoms with Crippen molar-refractivity contribution in [3.8, 4) is 0 Å². The Morgan fingerprint density at radius 3 is 2.65 bits per heavy atom. The average molecular weight is 246 g/mol. The molecule has 1 aromatic heterocycles. The highest BCUT2D eigenvalue weighted by Gasteiger charge is 2.44. The first-order valence-corrected chi connectivity index (χ1v) is 6.82. The second-order valence-electron chi connectivity index (χ2n) is 4.74. The van der Waals surface area contributed by atoms with Crippen LogP contribution in [0.3, 0.4) is 0 Å². The maximum Gasteiger partial charge on any atom is 0.314 e. The summed E-state index contributed by atoms with van der Waals surface area (Å²) in [6.45, 7) is 0. The van der Waals surface area contributed by atoms with E-state index in [4.69, 9.17) is 0 Å². The molecule has 17 heavy (non-hydrogen) atoms. The van der Waals surface area contributed by atoms with Crippen LogP contribution < -0.4 is 0 Å². The predicted octanol–water partition coefficient (Wildman–Crippen LogP) is 3.80. The van der Waals surface area contributed by atoms with Gasteiger partial charge < -0.3 is 5.11 Å². The lowest BCUT2D eigenvalue weighted by atomic mass is 9.79.